The summed E-state index contributed by atoms with van der Waals surface area (Å²) in [6, 6.07) is 1.93. The van der Waals surface area contributed by atoms with E-state index in [2.05, 4.69) is 15.4 Å². The van der Waals surface area contributed by atoms with E-state index in [1.54, 1.807) is 35.7 Å². The van der Waals surface area contributed by atoms with Gasteiger partial charge in [-0.05, 0) is 38.7 Å². The highest BCUT2D eigenvalue weighted by Crippen LogP contribution is 2.22. The van der Waals surface area contributed by atoms with Crippen LogP contribution >= 0.6 is 0 Å². The third-order valence-corrected chi connectivity index (χ3v) is 4.93. The summed E-state index contributed by atoms with van der Waals surface area (Å²) >= 11 is 0. The highest BCUT2D eigenvalue weighted by molar-refractivity contribution is 5.92. The first-order valence-corrected chi connectivity index (χ1v) is 9.45. The van der Waals surface area contributed by atoms with Crippen molar-refractivity contribution in [3.8, 4) is 0 Å². The fourth-order valence-corrected chi connectivity index (χ4v) is 3.38. The monoisotopic (exact) mass is 373 g/mol. The molecule has 1 fully saturated rings. The van der Waals surface area contributed by atoms with Gasteiger partial charge in [0.2, 0.25) is 0 Å². The summed E-state index contributed by atoms with van der Waals surface area (Å²) in [6.07, 6.45) is 7.38. The molecular formula is C18H27N7O2. The lowest BCUT2D eigenvalue weighted by Gasteiger charge is -2.35. The number of carbonyl (C=O) groups excluding carboxylic acids is 2. The fourth-order valence-electron chi connectivity index (χ4n) is 3.38. The van der Waals surface area contributed by atoms with E-state index in [1.165, 1.54) is 4.90 Å². The molecule has 1 atom stereocenters. The normalized spacial score (nSPS) is 17.1. The quantitative estimate of drug-likeness (QED) is 0.761. The molecule has 1 unspecified atom stereocenters. The van der Waals surface area contributed by atoms with Crippen molar-refractivity contribution in [1.82, 2.24) is 34.6 Å². The van der Waals surface area contributed by atoms with Crippen LogP contribution in [0.3, 0.4) is 0 Å². The Kier molecular flexibility index (Phi) is 5.88. The number of amides is 2. The number of nitrogens with zero attached hydrogens (tertiary/aromatic N) is 7. The molecule has 9 nitrogen and oxygen atoms in total. The molecule has 1 aliphatic rings. The Morgan fingerprint density at radius 2 is 2.04 bits per heavy atom. The lowest BCUT2D eigenvalue weighted by molar-refractivity contribution is 0.0586. The molecule has 0 radical (unpaired) electrons. The summed E-state index contributed by atoms with van der Waals surface area (Å²) < 4.78 is 3.45. The number of likely N-dealkylation sites (tertiary alicyclic amines) is 1. The molecule has 2 aromatic rings. The van der Waals surface area contributed by atoms with Crippen LogP contribution in [0.1, 0.15) is 53.6 Å². The Labute approximate surface area is 158 Å². The Hall–Kier alpha value is -2.71. The molecule has 27 heavy (non-hydrogen) atoms. The molecule has 0 saturated carbocycles. The van der Waals surface area contributed by atoms with Crippen LogP contribution in [-0.2, 0) is 13.1 Å². The van der Waals surface area contributed by atoms with E-state index in [1.807, 2.05) is 18.0 Å². The number of hydrogen-bond donors (Lipinski definition) is 0. The zero-order valence-electron chi connectivity index (χ0n) is 16.2. The third kappa shape index (κ3) is 4.35. The molecule has 2 aromatic heterocycles. The number of carbonyl (C=O) groups is 2. The minimum absolute atomic E-state index is 0.00559. The van der Waals surface area contributed by atoms with E-state index in [0.717, 1.165) is 38.8 Å². The van der Waals surface area contributed by atoms with Crippen molar-refractivity contribution >= 4 is 11.8 Å². The van der Waals surface area contributed by atoms with E-state index in [4.69, 9.17) is 0 Å². The average molecular weight is 373 g/mol. The largest absolute Gasteiger partial charge is 0.343 e. The minimum atomic E-state index is -0.165. The smallest absolute Gasteiger partial charge is 0.275 e. The molecule has 0 aromatic carbocycles. The number of rotatable bonds is 6. The van der Waals surface area contributed by atoms with E-state index in [9.17, 15) is 9.59 Å². The van der Waals surface area contributed by atoms with Crippen LogP contribution in [0.15, 0.2) is 18.5 Å². The first kappa shape index (κ1) is 19.1. The van der Waals surface area contributed by atoms with Crippen LogP contribution in [0.25, 0.3) is 0 Å². The van der Waals surface area contributed by atoms with Gasteiger partial charge in [0.1, 0.15) is 5.69 Å². The van der Waals surface area contributed by atoms with Crippen molar-refractivity contribution in [2.45, 2.75) is 51.7 Å². The summed E-state index contributed by atoms with van der Waals surface area (Å²) in [5.74, 6) is -0.170. The molecule has 1 saturated heterocycles. The molecule has 0 N–H and O–H groups in total. The SMILES string of the molecule is CCn1ccc(C(=O)N2CCCCC2CCn2cc(C(=O)N(C)C)nn2)n1. The standard InChI is InChI=1S/C18H27N7O2/c1-4-23-12-9-15(20-23)18(27)25-10-6-5-7-14(25)8-11-24-13-16(19-21-24)17(26)22(2)3/h9,12-14H,4-8,10-11H2,1-3H3. The zero-order valence-corrected chi connectivity index (χ0v) is 16.2. The Morgan fingerprint density at radius 1 is 1.22 bits per heavy atom. The van der Waals surface area contributed by atoms with Crippen LogP contribution in [0, 0.1) is 0 Å². The van der Waals surface area contributed by atoms with Crippen LogP contribution in [-0.4, -0.2) is 73.1 Å². The zero-order chi connectivity index (χ0) is 19.4. The second kappa shape index (κ2) is 8.32. The van der Waals surface area contributed by atoms with Gasteiger partial charge >= 0.3 is 0 Å². The van der Waals surface area contributed by atoms with Crippen molar-refractivity contribution in [3.05, 3.63) is 29.8 Å². The van der Waals surface area contributed by atoms with Gasteiger partial charge in [-0.3, -0.25) is 19.0 Å². The van der Waals surface area contributed by atoms with Crippen molar-refractivity contribution < 1.29 is 9.59 Å². The molecule has 0 aliphatic carbocycles. The molecule has 0 bridgehead atoms. The first-order chi connectivity index (χ1) is 13.0. The first-order valence-electron chi connectivity index (χ1n) is 9.45. The predicted molar refractivity (Wildman–Crippen MR) is 99.2 cm³/mol. The average Bonchev–Trinajstić information content (AvgIpc) is 3.34. The van der Waals surface area contributed by atoms with Gasteiger partial charge in [0, 0.05) is 46.0 Å². The Balaban J connectivity index is 1.64. The maximum Gasteiger partial charge on any atom is 0.275 e. The Morgan fingerprint density at radius 3 is 2.74 bits per heavy atom. The van der Waals surface area contributed by atoms with Gasteiger partial charge < -0.3 is 9.80 Å². The number of piperidine rings is 1. The molecule has 3 rings (SSSR count). The second-order valence-corrected chi connectivity index (χ2v) is 7.06. The molecule has 3 heterocycles. The van der Waals surface area contributed by atoms with Gasteiger partial charge in [-0.2, -0.15) is 5.10 Å². The van der Waals surface area contributed by atoms with Gasteiger partial charge in [-0.25, -0.2) is 0 Å². The van der Waals surface area contributed by atoms with Crippen LogP contribution in [0.4, 0.5) is 0 Å². The van der Waals surface area contributed by atoms with Crippen molar-refractivity contribution in [2.75, 3.05) is 20.6 Å². The van der Waals surface area contributed by atoms with Gasteiger partial charge in [-0.15, -0.1) is 5.10 Å². The minimum Gasteiger partial charge on any atom is -0.343 e. The van der Waals surface area contributed by atoms with E-state index in [-0.39, 0.29) is 17.9 Å². The molecule has 9 heteroatoms. The van der Waals surface area contributed by atoms with E-state index >= 15 is 0 Å². The molecule has 0 spiro atoms. The van der Waals surface area contributed by atoms with Gasteiger partial charge in [0.05, 0.1) is 6.20 Å². The van der Waals surface area contributed by atoms with Gasteiger partial charge in [0.25, 0.3) is 11.8 Å². The van der Waals surface area contributed by atoms with Crippen molar-refractivity contribution in [3.63, 3.8) is 0 Å². The topological polar surface area (TPSA) is 89.2 Å². The van der Waals surface area contributed by atoms with E-state index in [0.29, 0.717) is 17.9 Å². The van der Waals surface area contributed by atoms with Crippen LogP contribution in [0.5, 0.6) is 0 Å². The summed E-state index contributed by atoms with van der Waals surface area (Å²) in [5, 5.41) is 12.3. The summed E-state index contributed by atoms with van der Waals surface area (Å²) in [4.78, 5) is 28.2. The highest BCUT2D eigenvalue weighted by Gasteiger charge is 2.28. The Bertz CT molecular complexity index is 795. The highest BCUT2D eigenvalue weighted by atomic mass is 16.2. The molecular weight excluding hydrogens is 346 g/mol. The second-order valence-electron chi connectivity index (χ2n) is 7.06. The summed E-state index contributed by atoms with van der Waals surface area (Å²) in [6.45, 7) is 4.12. The van der Waals surface area contributed by atoms with Crippen molar-refractivity contribution in [1.29, 1.82) is 0 Å². The van der Waals surface area contributed by atoms with Gasteiger partial charge in [0.15, 0.2) is 5.69 Å². The maximum absolute atomic E-state index is 12.9. The van der Waals surface area contributed by atoms with Gasteiger partial charge in [-0.1, -0.05) is 5.21 Å². The lowest BCUT2D eigenvalue weighted by atomic mass is 9.99. The number of aromatic nitrogens is 5. The number of hydrogen-bond acceptors (Lipinski definition) is 5. The molecule has 146 valence electrons. The summed E-state index contributed by atoms with van der Waals surface area (Å²) in [5.41, 5.74) is 0.838. The predicted octanol–water partition coefficient (Wildman–Crippen LogP) is 1.28. The van der Waals surface area contributed by atoms with Crippen molar-refractivity contribution in [2.24, 2.45) is 0 Å². The lowest BCUT2D eigenvalue weighted by Crippen LogP contribution is -2.44. The summed E-state index contributed by atoms with van der Waals surface area (Å²) in [7, 11) is 3.37. The molecule has 1 aliphatic heterocycles. The fraction of sp³-hybridized carbons (Fsp3) is 0.611. The number of aryl methyl sites for hydroxylation is 2. The molecule has 2 amide bonds. The third-order valence-electron chi connectivity index (χ3n) is 4.93. The van der Waals surface area contributed by atoms with Crippen LogP contribution < -0.4 is 0 Å². The maximum atomic E-state index is 12.9. The van der Waals surface area contributed by atoms with E-state index < -0.39 is 0 Å². The van der Waals surface area contributed by atoms with Crippen LogP contribution in [0.2, 0.25) is 0 Å².